The minimum absolute atomic E-state index is 0.0341. The molecule has 0 bridgehead atoms. The number of carbonyl (C=O) groups excluding carboxylic acids is 2. The topological polar surface area (TPSA) is 84.4 Å². The SMILES string of the molecule is COc1cccc(-c2nsc(NC(=O)C3CCCN3C(=O)Cc3ccccc3)n2)c1. The van der Waals surface area contributed by atoms with Gasteiger partial charge in [0.1, 0.15) is 11.8 Å². The first-order chi connectivity index (χ1) is 14.6. The summed E-state index contributed by atoms with van der Waals surface area (Å²) in [5.41, 5.74) is 1.76. The molecule has 3 aromatic rings. The predicted molar refractivity (Wildman–Crippen MR) is 115 cm³/mol. The maximum absolute atomic E-state index is 12.8. The van der Waals surface area contributed by atoms with Gasteiger partial charge in [0.05, 0.1) is 13.5 Å². The van der Waals surface area contributed by atoms with E-state index in [1.54, 1.807) is 12.0 Å². The maximum Gasteiger partial charge on any atom is 0.248 e. The van der Waals surface area contributed by atoms with E-state index in [1.165, 1.54) is 0 Å². The van der Waals surface area contributed by atoms with Crippen LogP contribution in [0.3, 0.4) is 0 Å². The number of ether oxygens (including phenoxy) is 1. The third-order valence-electron chi connectivity index (χ3n) is 5.06. The number of anilines is 1. The Bertz CT molecular complexity index is 1040. The van der Waals surface area contributed by atoms with Gasteiger partial charge in [0.2, 0.25) is 16.9 Å². The largest absolute Gasteiger partial charge is 0.497 e. The van der Waals surface area contributed by atoms with E-state index in [9.17, 15) is 9.59 Å². The summed E-state index contributed by atoms with van der Waals surface area (Å²) < 4.78 is 9.56. The highest BCUT2D eigenvalue weighted by Gasteiger charge is 2.34. The van der Waals surface area contributed by atoms with Gasteiger partial charge >= 0.3 is 0 Å². The lowest BCUT2D eigenvalue weighted by molar-refractivity contribution is -0.136. The molecular formula is C22H22N4O3S. The molecule has 0 radical (unpaired) electrons. The minimum atomic E-state index is -0.481. The van der Waals surface area contributed by atoms with Gasteiger partial charge in [0.15, 0.2) is 5.82 Å². The molecule has 1 N–H and O–H groups in total. The van der Waals surface area contributed by atoms with E-state index in [0.717, 1.165) is 29.1 Å². The molecule has 0 aliphatic carbocycles. The van der Waals surface area contributed by atoms with Crippen LogP contribution >= 0.6 is 11.5 Å². The van der Waals surface area contributed by atoms with Crippen molar-refractivity contribution in [3.63, 3.8) is 0 Å². The van der Waals surface area contributed by atoms with Gasteiger partial charge in [-0.15, -0.1) is 0 Å². The van der Waals surface area contributed by atoms with Crippen molar-refractivity contribution < 1.29 is 14.3 Å². The lowest BCUT2D eigenvalue weighted by Gasteiger charge is -2.23. The van der Waals surface area contributed by atoms with E-state index < -0.39 is 6.04 Å². The molecule has 1 atom stereocenters. The molecule has 8 heteroatoms. The third kappa shape index (κ3) is 4.49. The third-order valence-corrected chi connectivity index (χ3v) is 5.69. The number of carbonyl (C=O) groups is 2. The van der Waals surface area contributed by atoms with Gasteiger partial charge in [0, 0.05) is 23.6 Å². The lowest BCUT2D eigenvalue weighted by Crippen LogP contribution is -2.43. The predicted octanol–water partition coefficient (Wildman–Crippen LogP) is 3.39. The molecule has 1 aliphatic heterocycles. The fraction of sp³-hybridized carbons (Fsp3) is 0.273. The Hall–Kier alpha value is -3.26. The van der Waals surface area contributed by atoms with E-state index in [-0.39, 0.29) is 11.8 Å². The van der Waals surface area contributed by atoms with E-state index in [0.29, 0.717) is 36.1 Å². The molecule has 0 spiro atoms. The summed E-state index contributed by atoms with van der Waals surface area (Å²) in [5, 5.41) is 3.25. The van der Waals surface area contributed by atoms with Crippen LogP contribution < -0.4 is 10.1 Å². The van der Waals surface area contributed by atoms with Crippen molar-refractivity contribution in [2.45, 2.75) is 25.3 Å². The number of hydrogen-bond donors (Lipinski definition) is 1. The van der Waals surface area contributed by atoms with Crippen LogP contribution in [0.15, 0.2) is 54.6 Å². The highest BCUT2D eigenvalue weighted by Crippen LogP contribution is 2.26. The van der Waals surface area contributed by atoms with Crippen molar-refractivity contribution >= 4 is 28.5 Å². The molecule has 2 heterocycles. The van der Waals surface area contributed by atoms with Crippen LogP contribution in [0.1, 0.15) is 18.4 Å². The molecule has 1 aliphatic rings. The molecule has 2 aromatic carbocycles. The first kappa shape index (κ1) is 20.0. The molecular weight excluding hydrogens is 400 g/mol. The van der Waals surface area contributed by atoms with Gasteiger partial charge in [-0.1, -0.05) is 42.5 Å². The van der Waals surface area contributed by atoms with Gasteiger partial charge in [-0.2, -0.15) is 9.36 Å². The zero-order chi connectivity index (χ0) is 20.9. The van der Waals surface area contributed by atoms with Crippen LogP contribution in [0.4, 0.5) is 5.13 Å². The monoisotopic (exact) mass is 422 g/mol. The Kier molecular flexibility index (Phi) is 6.04. The van der Waals surface area contributed by atoms with E-state index in [1.807, 2.05) is 54.6 Å². The van der Waals surface area contributed by atoms with Crippen molar-refractivity contribution in [3.05, 3.63) is 60.2 Å². The number of methoxy groups -OCH3 is 1. The Morgan fingerprint density at radius 2 is 2.03 bits per heavy atom. The average molecular weight is 423 g/mol. The Morgan fingerprint density at radius 3 is 2.83 bits per heavy atom. The van der Waals surface area contributed by atoms with Gasteiger partial charge in [-0.25, -0.2) is 0 Å². The quantitative estimate of drug-likeness (QED) is 0.658. The molecule has 2 amide bonds. The maximum atomic E-state index is 12.8. The summed E-state index contributed by atoms with van der Waals surface area (Å²) in [4.78, 5) is 31.7. The summed E-state index contributed by atoms with van der Waals surface area (Å²) in [6, 6.07) is 16.5. The summed E-state index contributed by atoms with van der Waals surface area (Å²) >= 11 is 1.12. The second-order valence-electron chi connectivity index (χ2n) is 7.05. The zero-order valence-electron chi connectivity index (χ0n) is 16.6. The molecule has 30 heavy (non-hydrogen) atoms. The van der Waals surface area contributed by atoms with Crippen LogP contribution in [-0.2, 0) is 16.0 Å². The number of benzene rings is 2. The molecule has 0 saturated carbocycles. The van der Waals surface area contributed by atoms with Crippen molar-refractivity contribution in [1.82, 2.24) is 14.3 Å². The Balaban J connectivity index is 1.42. The number of nitrogens with one attached hydrogen (secondary N) is 1. The van der Waals surface area contributed by atoms with Crippen LogP contribution in [-0.4, -0.2) is 45.8 Å². The molecule has 4 rings (SSSR count). The van der Waals surface area contributed by atoms with Gasteiger partial charge in [-0.3, -0.25) is 14.9 Å². The first-order valence-corrected chi connectivity index (χ1v) is 10.5. The molecule has 7 nitrogen and oxygen atoms in total. The van der Waals surface area contributed by atoms with Crippen molar-refractivity contribution in [2.75, 3.05) is 19.0 Å². The number of amides is 2. The van der Waals surface area contributed by atoms with Crippen LogP contribution in [0, 0.1) is 0 Å². The number of aromatic nitrogens is 2. The van der Waals surface area contributed by atoms with Crippen molar-refractivity contribution in [2.24, 2.45) is 0 Å². The zero-order valence-corrected chi connectivity index (χ0v) is 17.4. The second-order valence-corrected chi connectivity index (χ2v) is 7.80. The Morgan fingerprint density at radius 1 is 1.20 bits per heavy atom. The van der Waals surface area contributed by atoms with E-state index in [2.05, 4.69) is 14.7 Å². The fourth-order valence-electron chi connectivity index (χ4n) is 3.55. The van der Waals surface area contributed by atoms with E-state index in [4.69, 9.17) is 4.74 Å². The van der Waals surface area contributed by atoms with Gasteiger partial charge < -0.3 is 9.64 Å². The smallest absolute Gasteiger partial charge is 0.248 e. The van der Waals surface area contributed by atoms with Gasteiger partial charge in [0.25, 0.3) is 0 Å². The number of rotatable bonds is 6. The molecule has 154 valence electrons. The van der Waals surface area contributed by atoms with E-state index >= 15 is 0 Å². The van der Waals surface area contributed by atoms with Crippen molar-refractivity contribution in [3.8, 4) is 17.1 Å². The lowest BCUT2D eigenvalue weighted by atomic mass is 10.1. The molecule has 1 unspecified atom stereocenters. The Labute approximate surface area is 178 Å². The first-order valence-electron chi connectivity index (χ1n) is 9.76. The molecule has 1 fully saturated rings. The standard InChI is InChI=1S/C22H22N4O3S/c1-29-17-10-5-9-16(14-17)20-23-22(30-25-20)24-21(28)18-11-6-12-26(18)19(27)13-15-7-3-2-4-8-15/h2-5,7-10,14,18H,6,11-13H2,1H3,(H,23,24,25,28). The molecule has 1 aromatic heterocycles. The van der Waals surface area contributed by atoms with Crippen molar-refractivity contribution in [1.29, 1.82) is 0 Å². The highest BCUT2D eigenvalue weighted by molar-refractivity contribution is 7.10. The minimum Gasteiger partial charge on any atom is -0.497 e. The number of nitrogens with zero attached hydrogens (tertiary/aromatic N) is 3. The summed E-state index contributed by atoms with van der Waals surface area (Å²) in [6.45, 7) is 0.592. The highest BCUT2D eigenvalue weighted by atomic mass is 32.1. The number of likely N-dealkylation sites (tertiary alicyclic amines) is 1. The van der Waals surface area contributed by atoms with Crippen LogP contribution in [0.5, 0.6) is 5.75 Å². The summed E-state index contributed by atoms with van der Waals surface area (Å²) in [7, 11) is 1.60. The van der Waals surface area contributed by atoms with Crippen LogP contribution in [0.2, 0.25) is 0 Å². The van der Waals surface area contributed by atoms with Crippen LogP contribution in [0.25, 0.3) is 11.4 Å². The second kappa shape index (κ2) is 9.04. The summed E-state index contributed by atoms with van der Waals surface area (Å²) in [6.07, 6.45) is 1.75. The van der Waals surface area contributed by atoms with Gasteiger partial charge in [-0.05, 0) is 30.5 Å². The normalized spacial score (nSPS) is 15.8. The summed E-state index contributed by atoms with van der Waals surface area (Å²) in [5.74, 6) is 0.986. The number of hydrogen-bond acceptors (Lipinski definition) is 6. The average Bonchev–Trinajstić information content (AvgIpc) is 3.44. The molecule has 1 saturated heterocycles. The fourth-order valence-corrected chi connectivity index (χ4v) is 4.14.